The summed E-state index contributed by atoms with van der Waals surface area (Å²) < 4.78 is 0. The van der Waals surface area contributed by atoms with Crippen molar-refractivity contribution in [3.8, 4) is 55.6 Å². The van der Waals surface area contributed by atoms with Crippen LogP contribution < -0.4 is 0 Å². The maximum atomic E-state index is 2.54. The predicted molar refractivity (Wildman–Crippen MR) is 230 cm³/mol. The van der Waals surface area contributed by atoms with Crippen molar-refractivity contribution < 1.29 is 0 Å². The molecule has 9 aromatic rings. The smallest absolute Gasteiger partial charge is 0.0162 e. The van der Waals surface area contributed by atoms with Gasteiger partial charge in [-0.2, -0.15) is 0 Å². The van der Waals surface area contributed by atoms with Crippen molar-refractivity contribution in [3.05, 3.63) is 192 Å². The van der Waals surface area contributed by atoms with E-state index in [0.717, 1.165) is 0 Å². The number of benzene rings is 9. The van der Waals surface area contributed by atoms with Gasteiger partial charge in [0.1, 0.15) is 0 Å². The molecule has 54 heavy (non-hydrogen) atoms. The first-order chi connectivity index (χ1) is 26.4. The number of fused-ring (bicyclic) bond motifs is 10. The van der Waals surface area contributed by atoms with Gasteiger partial charge in [0.15, 0.2) is 0 Å². The van der Waals surface area contributed by atoms with Crippen molar-refractivity contribution in [2.24, 2.45) is 0 Å². The first-order valence-electron chi connectivity index (χ1n) is 19.3. The van der Waals surface area contributed by atoms with Crippen molar-refractivity contribution in [1.82, 2.24) is 0 Å². The summed E-state index contributed by atoms with van der Waals surface area (Å²) in [5.41, 5.74) is 18.8. The molecule has 0 atom stereocenters. The second-order valence-corrected chi connectivity index (χ2v) is 16.4. The molecular weight excluding hydrogens is 649 g/mol. The van der Waals surface area contributed by atoms with Crippen LogP contribution in [0.25, 0.3) is 88.0 Å². The Balaban J connectivity index is 1.25. The average Bonchev–Trinajstić information content (AvgIpc) is 3.59. The monoisotopic (exact) mass is 688 g/mol. The van der Waals surface area contributed by atoms with E-state index in [1.54, 1.807) is 0 Å². The zero-order valence-corrected chi connectivity index (χ0v) is 31.2. The molecule has 9 aromatic carbocycles. The van der Waals surface area contributed by atoms with Crippen molar-refractivity contribution in [2.75, 3.05) is 0 Å². The summed E-state index contributed by atoms with van der Waals surface area (Å²) in [6.45, 7) is 9.74. The van der Waals surface area contributed by atoms with Gasteiger partial charge in [-0.15, -0.1) is 0 Å². The molecule has 0 aromatic heterocycles. The second-order valence-electron chi connectivity index (χ2n) is 16.4. The second kappa shape index (κ2) is 11.1. The van der Waals surface area contributed by atoms with E-state index in [0.29, 0.717) is 0 Å². The highest BCUT2D eigenvalue weighted by molar-refractivity contribution is 6.24. The zero-order valence-electron chi connectivity index (χ0n) is 31.2. The van der Waals surface area contributed by atoms with Crippen molar-refractivity contribution in [3.63, 3.8) is 0 Å². The van der Waals surface area contributed by atoms with Gasteiger partial charge in [-0.05, 0) is 116 Å². The van der Waals surface area contributed by atoms with E-state index in [9.17, 15) is 0 Å². The Kier molecular flexibility index (Phi) is 6.46. The van der Waals surface area contributed by atoms with Crippen LogP contribution in [0.4, 0.5) is 0 Å². The van der Waals surface area contributed by atoms with E-state index in [1.165, 1.54) is 110 Å². The standard InChI is InChI=1S/C54H40/c1-53(2)46-28-16-14-22-37(46)45-32-44(50-43-27-15-17-29-47(43)54(3,4)52(50)51(45)53)36-30-31-42(35-21-9-8-20-34(35)36)49-40-25-12-10-23-38(40)48(33-18-6-5-7-19-33)39-24-11-13-26-41(39)49/h5-32H,1-4H3. The molecule has 0 aliphatic heterocycles. The first-order valence-corrected chi connectivity index (χ1v) is 19.3. The molecule has 0 nitrogen and oxygen atoms in total. The van der Waals surface area contributed by atoms with Crippen LogP contribution in [0, 0.1) is 0 Å². The van der Waals surface area contributed by atoms with Crippen LogP contribution in [-0.4, -0.2) is 0 Å². The van der Waals surface area contributed by atoms with E-state index < -0.39 is 0 Å². The highest BCUT2D eigenvalue weighted by Crippen LogP contribution is 2.62. The Morgan fingerprint density at radius 1 is 0.278 bits per heavy atom. The van der Waals surface area contributed by atoms with E-state index in [1.807, 2.05) is 0 Å². The molecule has 11 rings (SSSR count). The van der Waals surface area contributed by atoms with E-state index in [4.69, 9.17) is 0 Å². The van der Waals surface area contributed by atoms with Crippen LogP contribution >= 0.6 is 0 Å². The third-order valence-corrected chi connectivity index (χ3v) is 12.8. The summed E-state index contributed by atoms with van der Waals surface area (Å²) in [7, 11) is 0. The Hall–Kier alpha value is -6.24. The summed E-state index contributed by atoms with van der Waals surface area (Å²) in [6, 6.07) is 63.6. The fourth-order valence-electron chi connectivity index (χ4n) is 10.5. The maximum Gasteiger partial charge on any atom is 0.0162 e. The third kappa shape index (κ3) is 4.09. The molecule has 2 aliphatic rings. The largest absolute Gasteiger partial charge is 0.0622 e. The molecule has 0 N–H and O–H groups in total. The number of rotatable bonds is 3. The zero-order chi connectivity index (χ0) is 36.3. The van der Waals surface area contributed by atoms with Crippen LogP contribution in [0.2, 0.25) is 0 Å². The van der Waals surface area contributed by atoms with Crippen molar-refractivity contribution in [2.45, 2.75) is 38.5 Å². The normalized spacial score (nSPS) is 14.6. The lowest BCUT2D eigenvalue weighted by atomic mass is 9.71. The Bertz CT molecular complexity index is 2970. The molecule has 0 bridgehead atoms. The Morgan fingerprint density at radius 2 is 0.722 bits per heavy atom. The molecule has 0 fully saturated rings. The number of hydrogen-bond acceptors (Lipinski definition) is 0. The molecule has 0 unspecified atom stereocenters. The van der Waals surface area contributed by atoms with Crippen molar-refractivity contribution >= 4 is 32.3 Å². The van der Waals surface area contributed by atoms with Gasteiger partial charge in [0.25, 0.3) is 0 Å². The van der Waals surface area contributed by atoms with Gasteiger partial charge in [-0.1, -0.05) is 191 Å². The average molecular weight is 689 g/mol. The molecule has 2 aliphatic carbocycles. The highest BCUT2D eigenvalue weighted by Gasteiger charge is 2.46. The van der Waals surface area contributed by atoms with E-state index in [2.05, 4.69) is 198 Å². The SMILES string of the molecule is CC1(C)c2ccccc2-c2cc(-c3ccc(-c4c5ccccc5c(-c5ccccc5)c5ccccc45)c4ccccc34)c3c(c21)C(C)(C)c1ccccc1-3. The molecule has 0 heteroatoms. The van der Waals surface area contributed by atoms with Crippen LogP contribution in [0.3, 0.4) is 0 Å². The van der Waals surface area contributed by atoms with Crippen LogP contribution in [-0.2, 0) is 10.8 Å². The van der Waals surface area contributed by atoms with Gasteiger partial charge in [-0.25, -0.2) is 0 Å². The summed E-state index contributed by atoms with van der Waals surface area (Å²) in [4.78, 5) is 0. The molecule has 0 amide bonds. The van der Waals surface area contributed by atoms with Gasteiger partial charge < -0.3 is 0 Å². The fourth-order valence-corrected chi connectivity index (χ4v) is 10.5. The topological polar surface area (TPSA) is 0 Å². The van der Waals surface area contributed by atoms with Crippen LogP contribution in [0.5, 0.6) is 0 Å². The molecule has 0 spiro atoms. The lowest BCUT2D eigenvalue weighted by Crippen LogP contribution is -2.24. The van der Waals surface area contributed by atoms with Crippen LogP contribution in [0.15, 0.2) is 170 Å². The van der Waals surface area contributed by atoms with Crippen molar-refractivity contribution in [1.29, 1.82) is 0 Å². The summed E-state index contributed by atoms with van der Waals surface area (Å²) in [5, 5.41) is 7.68. The highest BCUT2D eigenvalue weighted by atomic mass is 14.5. The lowest BCUT2D eigenvalue weighted by molar-refractivity contribution is 0.601. The molecular formula is C54H40. The van der Waals surface area contributed by atoms with Crippen LogP contribution in [0.1, 0.15) is 49.9 Å². The summed E-state index contributed by atoms with van der Waals surface area (Å²) in [6.07, 6.45) is 0. The summed E-state index contributed by atoms with van der Waals surface area (Å²) >= 11 is 0. The van der Waals surface area contributed by atoms with E-state index >= 15 is 0 Å². The molecule has 0 saturated carbocycles. The van der Waals surface area contributed by atoms with Gasteiger partial charge >= 0.3 is 0 Å². The fraction of sp³-hybridized carbons (Fsp3) is 0.111. The first kappa shape index (κ1) is 31.3. The van der Waals surface area contributed by atoms with E-state index in [-0.39, 0.29) is 10.8 Å². The predicted octanol–water partition coefficient (Wildman–Crippen LogP) is 14.8. The molecule has 0 radical (unpaired) electrons. The third-order valence-electron chi connectivity index (χ3n) is 12.8. The molecule has 0 saturated heterocycles. The molecule has 0 heterocycles. The molecule has 256 valence electrons. The minimum absolute atomic E-state index is 0.103. The van der Waals surface area contributed by atoms with Gasteiger partial charge in [-0.3, -0.25) is 0 Å². The minimum atomic E-state index is -0.139. The number of hydrogen-bond donors (Lipinski definition) is 0. The minimum Gasteiger partial charge on any atom is -0.0622 e. The van der Waals surface area contributed by atoms with Gasteiger partial charge in [0, 0.05) is 10.8 Å². The quantitative estimate of drug-likeness (QED) is 0.162. The Morgan fingerprint density at radius 3 is 1.35 bits per heavy atom. The van der Waals surface area contributed by atoms with Gasteiger partial charge in [0.05, 0.1) is 0 Å². The van der Waals surface area contributed by atoms with Gasteiger partial charge in [0.2, 0.25) is 0 Å². The summed E-state index contributed by atoms with van der Waals surface area (Å²) in [5.74, 6) is 0. The lowest BCUT2D eigenvalue weighted by Gasteiger charge is -2.31. The maximum absolute atomic E-state index is 2.54. The Labute approximate surface area is 317 Å².